The molecule has 3 heteroatoms. The minimum atomic E-state index is 0.384. The van der Waals surface area contributed by atoms with Crippen molar-refractivity contribution in [1.82, 2.24) is 5.32 Å². The lowest BCUT2D eigenvalue weighted by Gasteiger charge is -2.30. The number of benzene rings is 1. The first kappa shape index (κ1) is 15.3. The lowest BCUT2D eigenvalue weighted by molar-refractivity contribution is 0.0614. The second-order valence-electron chi connectivity index (χ2n) is 5.60. The minimum Gasteiger partial charge on any atom is -0.494 e. The van der Waals surface area contributed by atoms with E-state index in [0.717, 1.165) is 12.4 Å². The smallest absolute Gasteiger partial charge is 0.119 e. The van der Waals surface area contributed by atoms with Gasteiger partial charge in [0.1, 0.15) is 5.75 Å². The van der Waals surface area contributed by atoms with E-state index >= 15 is 0 Å². The summed E-state index contributed by atoms with van der Waals surface area (Å²) < 4.78 is 10.9. The largest absolute Gasteiger partial charge is 0.494 e. The molecule has 112 valence electrons. The maximum atomic E-state index is 5.48. The number of hydrogen-bond donors (Lipinski definition) is 1. The van der Waals surface area contributed by atoms with Crippen LogP contribution >= 0.6 is 0 Å². The van der Waals surface area contributed by atoms with Crippen LogP contribution in [-0.2, 0) is 4.74 Å². The summed E-state index contributed by atoms with van der Waals surface area (Å²) in [6.45, 7) is 4.96. The van der Waals surface area contributed by atoms with Gasteiger partial charge >= 0.3 is 0 Å². The molecule has 1 aromatic carbocycles. The van der Waals surface area contributed by atoms with Crippen LogP contribution in [0.2, 0.25) is 0 Å². The summed E-state index contributed by atoms with van der Waals surface area (Å²) in [6.07, 6.45) is 5.22. The molecule has 1 unspecified atom stereocenters. The molecule has 1 saturated carbocycles. The third-order valence-corrected chi connectivity index (χ3v) is 4.18. The maximum Gasteiger partial charge on any atom is 0.119 e. The molecular weight excluding hydrogens is 250 g/mol. The first-order valence-electron chi connectivity index (χ1n) is 7.74. The van der Waals surface area contributed by atoms with Gasteiger partial charge in [-0.15, -0.1) is 0 Å². The molecule has 0 amide bonds. The van der Waals surface area contributed by atoms with Gasteiger partial charge in [-0.2, -0.15) is 0 Å². The molecule has 0 bridgehead atoms. The topological polar surface area (TPSA) is 30.5 Å². The predicted molar refractivity (Wildman–Crippen MR) is 82.2 cm³/mol. The Bertz CT molecular complexity index is 382. The zero-order chi connectivity index (χ0) is 14.4. The zero-order valence-electron chi connectivity index (χ0n) is 12.9. The van der Waals surface area contributed by atoms with Gasteiger partial charge < -0.3 is 14.8 Å². The second kappa shape index (κ2) is 7.65. The van der Waals surface area contributed by atoms with Gasteiger partial charge in [-0.3, -0.25) is 0 Å². The van der Waals surface area contributed by atoms with E-state index < -0.39 is 0 Å². The molecule has 1 aromatic rings. The van der Waals surface area contributed by atoms with Crippen molar-refractivity contribution < 1.29 is 9.47 Å². The van der Waals surface area contributed by atoms with E-state index in [-0.39, 0.29) is 0 Å². The van der Waals surface area contributed by atoms with Crippen LogP contribution in [0.1, 0.15) is 51.1 Å². The number of hydrogen-bond acceptors (Lipinski definition) is 3. The minimum absolute atomic E-state index is 0.384. The van der Waals surface area contributed by atoms with Crippen molar-refractivity contribution in [3.8, 4) is 5.75 Å². The van der Waals surface area contributed by atoms with Crippen molar-refractivity contribution in [1.29, 1.82) is 0 Å². The van der Waals surface area contributed by atoms with Gasteiger partial charge in [0.25, 0.3) is 0 Å². The Morgan fingerprint density at radius 1 is 1.15 bits per heavy atom. The average molecular weight is 277 g/mol. The lowest BCUT2D eigenvalue weighted by atomic mass is 9.92. The quantitative estimate of drug-likeness (QED) is 0.860. The highest BCUT2D eigenvalue weighted by Crippen LogP contribution is 2.24. The number of ether oxygens (including phenoxy) is 2. The van der Waals surface area contributed by atoms with Crippen molar-refractivity contribution in [3.05, 3.63) is 29.8 Å². The fourth-order valence-corrected chi connectivity index (χ4v) is 2.93. The second-order valence-corrected chi connectivity index (χ2v) is 5.60. The van der Waals surface area contributed by atoms with Crippen LogP contribution in [0.5, 0.6) is 5.75 Å². The molecule has 0 spiro atoms. The Morgan fingerprint density at radius 2 is 1.80 bits per heavy atom. The Balaban J connectivity index is 1.83. The van der Waals surface area contributed by atoms with Crippen LogP contribution in [0.15, 0.2) is 24.3 Å². The molecule has 3 nitrogen and oxygen atoms in total. The molecule has 0 heterocycles. The summed E-state index contributed by atoms with van der Waals surface area (Å²) in [5.74, 6) is 0.948. The van der Waals surface area contributed by atoms with E-state index in [1.165, 1.54) is 31.2 Å². The summed E-state index contributed by atoms with van der Waals surface area (Å²) in [6, 6.07) is 9.42. The standard InChI is InChI=1S/C17H27NO2/c1-4-20-17-9-5-14(6-10-17)13(2)18-15-7-11-16(19-3)12-8-15/h5-6,9-10,13,15-16,18H,4,7-8,11-12H2,1-3H3. The average Bonchev–Trinajstić information content (AvgIpc) is 2.49. The summed E-state index contributed by atoms with van der Waals surface area (Å²) in [5, 5.41) is 3.73. The summed E-state index contributed by atoms with van der Waals surface area (Å²) in [5.41, 5.74) is 1.32. The molecule has 0 aromatic heterocycles. The molecule has 1 atom stereocenters. The first-order chi connectivity index (χ1) is 9.72. The first-order valence-corrected chi connectivity index (χ1v) is 7.74. The van der Waals surface area contributed by atoms with Crippen LogP contribution in [0, 0.1) is 0 Å². The summed E-state index contributed by atoms with van der Waals surface area (Å²) >= 11 is 0. The van der Waals surface area contributed by atoms with E-state index in [4.69, 9.17) is 9.47 Å². The highest BCUT2D eigenvalue weighted by atomic mass is 16.5. The van der Waals surface area contributed by atoms with Crippen LogP contribution in [0.4, 0.5) is 0 Å². The number of nitrogens with one attached hydrogen (secondary N) is 1. The van der Waals surface area contributed by atoms with Gasteiger partial charge in [-0.05, 0) is 57.2 Å². The molecule has 1 fully saturated rings. The Kier molecular flexibility index (Phi) is 5.86. The zero-order valence-corrected chi connectivity index (χ0v) is 12.9. The lowest BCUT2D eigenvalue weighted by Crippen LogP contribution is -2.36. The normalized spacial score (nSPS) is 24.4. The fraction of sp³-hybridized carbons (Fsp3) is 0.647. The maximum absolute atomic E-state index is 5.48. The van der Waals surface area contributed by atoms with E-state index in [9.17, 15) is 0 Å². The van der Waals surface area contributed by atoms with Gasteiger partial charge in [-0.1, -0.05) is 12.1 Å². The molecule has 0 saturated heterocycles. The summed E-state index contributed by atoms with van der Waals surface area (Å²) in [7, 11) is 1.82. The fourth-order valence-electron chi connectivity index (χ4n) is 2.93. The van der Waals surface area contributed by atoms with Gasteiger partial charge in [0.15, 0.2) is 0 Å². The van der Waals surface area contributed by atoms with Crippen molar-refractivity contribution in [2.75, 3.05) is 13.7 Å². The predicted octanol–water partition coefficient (Wildman–Crippen LogP) is 3.69. The summed E-state index contributed by atoms with van der Waals surface area (Å²) in [4.78, 5) is 0. The Labute approximate surface area is 122 Å². The molecule has 2 rings (SSSR count). The molecule has 1 aliphatic carbocycles. The molecular formula is C17H27NO2. The van der Waals surface area contributed by atoms with E-state index in [1.807, 2.05) is 14.0 Å². The van der Waals surface area contributed by atoms with Gasteiger partial charge in [0.05, 0.1) is 12.7 Å². The third kappa shape index (κ3) is 4.22. The van der Waals surface area contributed by atoms with Crippen molar-refractivity contribution in [3.63, 3.8) is 0 Å². The number of methoxy groups -OCH3 is 1. The Hall–Kier alpha value is -1.06. The van der Waals surface area contributed by atoms with Gasteiger partial charge in [0.2, 0.25) is 0 Å². The molecule has 1 N–H and O–H groups in total. The van der Waals surface area contributed by atoms with Crippen molar-refractivity contribution in [2.24, 2.45) is 0 Å². The molecule has 0 radical (unpaired) electrons. The van der Waals surface area contributed by atoms with Crippen molar-refractivity contribution >= 4 is 0 Å². The van der Waals surface area contributed by atoms with Crippen LogP contribution < -0.4 is 10.1 Å². The highest BCUT2D eigenvalue weighted by molar-refractivity contribution is 5.29. The van der Waals surface area contributed by atoms with Gasteiger partial charge in [-0.25, -0.2) is 0 Å². The SMILES string of the molecule is CCOc1ccc(C(C)NC2CCC(OC)CC2)cc1. The third-order valence-electron chi connectivity index (χ3n) is 4.18. The van der Waals surface area contributed by atoms with Gasteiger partial charge in [0, 0.05) is 19.2 Å². The molecule has 20 heavy (non-hydrogen) atoms. The van der Waals surface area contributed by atoms with Crippen LogP contribution in [0.25, 0.3) is 0 Å². The van der Waals surface area contributed by atoms with E-state index in [0.29, 0.717) is 18.2 Å². The molecule has 1 aliphatic rings. The van der Waals surface area contributed by atoms with E-state index in [1.54, 1.807) is 0 Å². The van der Waals surface area contributed by atoms with E-state index in [2.05, 4.69) is 36.5 Å². The monoisotopic (exact) mass is 277 g/mol. The van der Waals surface area contributed by atoms with Crippen LogP contribution in [-0.4, -0.2) is 25.9 Å². The van der Waals surface area contributed by atoms with Crippen LogP contribution in [0.3, 0.4) is 0 Å². The molecule has 0 aliphatic heterocycles. The Morgan fingerprint density at radius 3 is 2.35 bits per heavy atom. The number of rotatable bonds is 6. The van der Waals surface area contributed by atoms with Crippen molar-refractivity contribution in [2.45, 2.75) is 57.7 Å². The highest BCUT2D eigenvalue weighted by Gasteiger charge is 2.22.